The summed E-state index contributed by atoms with van der Waals surface area (Å²) in [6.45, 7) is 1.59. The molecule has 7 heteroatoms. The highest BCUT2D eigenvalue weighted by atomic mass is 32.2. The molecule has 0 heterocycles. The second-order valence-corrected chi connectivity index (χ2v) is 6.70. The third-order valence-corrected chi connectivity index (χ3v) is 4.46. The van der Waals surface area contributed by atoms with Crippen molar-refractivity contribution in [1.29, 1.82) is 0 Å². The average Bonchev–Trinajstić information content (AvgIpc) is 2.59. The minimum absolute atomic E-state index is 0.143. The molecule has 0 radical (unpaired) electrons. The van der Waals surface area contributed by atoms with Crippen molar-refractivity contribution in [2.24, 2.45) is 0 Å². The van der Waals surface area contributed by atoms with Crippen molar-refractivity contribution in [1.82, 2.24) is 5.23 Å². The predicted molar refractivity (Wildman–Crippen MR) is 96.6 cm³/mol. The van der Waals surface area contributed by atoms with E-state index in [-0.39, 0.29) is 16.9 Å². The van der Waals surface area contributed by atoms with Gasteiger partial charge < -0.3 is 19.9 Å². The summed E-state index contributed by atoms with van der Waals surface area (Å²) in [6.07, 6.45) is 0. The molecule has 2 aromatic carbocycles. The number of carbonyl (C=O) groups excluding carboxylic acids is 1. The van der Waals surface area contributed by atoms with Gasteiger partial charge in [-0.1, -0.05) is 48.2 Å². The summed E-state index contributed by atoms with van der Waals surface area (Å²) < 4.78 is 11.2. The first-order chi connectivity index (χ1) is 12.0. The molecule has 0 aliphatic rings. The molecule has 0 aliphatic heterocycles. The van der Waals surface area contributed by atoms with Gasteiger partial charge in [0.1, 0.15) is 6.61 Å². The molecule has 0 saturated carbocycles. The molecule has 0 amide bonds. The van der Waals surface area contributed by atoms with E-state index >= 15 is 0 Å². The number of hydrogen-bond acceptors (Lipinski definition) is 7. The second kappa shape index (κ2) is 9.43. The van der Waals surface area contributed by atoms with Crippen molar-refractivity contribution in [3.63, 3.8) is 0 Å². The smallest absolute Gasteiger partial charge is 0.186 e. The first kappa shape index (κ1) is 19.3. The predicted octanol–water partition coefficient (Wildman–Crippen LogP) is 3.78. The maximum atomic E-state index is 11.4. The summed E-state index contributed by atoms with van der Waals surface area (Å²) in [5.41, 5.74) is 1.72. The lowest BCUT2D eigenvalue weighted by Crippen LogP contribution is -2.18. The highest BCUT2D eigenvalue weighted by molar-refractivity contribution is 8.13. The number of nitrogens with zero attached hydrogens (tertiary/aromatic N) is 1. The van der Waals surface area contributed by atoms with E-state index in [1.807, 2.05) is 30.3 Å². The van der Waals surface area contributed by atoms with Crippen LogP contribution in [0.25, 0.3) is 0 Å². The molecular formula is C18H20NO5S-. The van der Waals surface area contributed by atoms with Crippen LogP contribution in [0.4, 0.5) is 0 Å². The van der Waals surface area contributed by atoms with Gasteiger partial charge in [-0.2, -0.15) is 0 Å². The topological polar surface area (TPSA) is 82.1 Å². The standard InChI is InChI=1S/C18H20NO5S/c1-13(20)25-18(11-19(21)22)15-8-9-16(17(10-15)23-2)24-12-14-6-4-3-5-7-14/h3-10,18,21H,11-12H2,1-2H3/q-1. The van der Waals surface area contributed by atoms with Gasteiger partial charge >= 0.3 is 0 Å². The van der Waals surface area contributed by atoms with Gasteiger partial charge in [-0.15, -0.1) is 0 Å². The van der Waals surface area contributed by atoms with Crippen LogP contribution < -0.4 is 9.47 Å². The fourth-order valence-electron chi connectivity index (χ4n) is 2.29. The SMILES string of the molecule is COc1cc(C(CN([O-])O)SC(C)=O)ccc1OCc1ccccc1. The van der Waals surface area contributed by atoms with E-state index in [1.165, 1.54) is 14.0 Å². The number of hydroxylamine groups is 2. The van der Waals surface area contributed by atoms with E-state index in [0.717, 1.165) is 17.3 Å². The van der Waals surface area contributed by atoms with Crippen LogP contribution in [0.2, 0.25) is 0 Å². The number of hydrogen-bond donors (Lipinski definition) is 1. The van der Waals surface area contributed by atoms with Crippen LogP contribution in [-0.2, 0) is 11.4 Å². The van der Waals surface area contributed by atoms with Crippen molar-refractivity contribution in [3.05, 3.63) is 64.9 Å². The lowest BCUT2D eigenvalue weighted by molar-refractivity contribution is -0.109. The molecule has 6 nitrogen and oxygen atoms in total. The molecule has 1 unspecified atom stereocenters. The van der Waals surface area contributed by atoms with Crippen LogP contribution in [0.1, 0.15) is 23.3 Å². The van der Waals surface area contributed by atoms with Gasteiger partial charge in [0.2, 0.25) is 0 Å². The Labute approximate surface area is 150 Å². The average molecular weight is 362 g/mol. The Balaban J connectivity index is 2.17. The van der Waals surface area contributed by atoms with Crippen LogP contribution in [0.15, 0.2) is 48.5 Å². The monoisotopic (exact) mass is 362 g/mol. The summed E-state index contributed by atoms with van der Waals surface area (Å²) in [5, 5.41) is 19.1. The van der Waals surface area contributed by atoms with Crippen molar-refractivity contribution in [3.8, 4) is 11.5 Å². The van der Waals surface area contributed by atoms with Crippen LogP contribution in [-0.4, -0.2) is 29.2 Å². The second-order valence-electron chi connectivity index (χ2n) is 5.32. The third-order valence-electron chi connectivity index (χ3n) is 3.43. The van der Waals surface area contributed by atoms with E-state index in [2.05, 4.69) is 0 Å². The Morgan fingerprint density at radius 2 is 1.96 bits per heavy atom. The maximum Gasteiger partial charge on any atom is 0.186 e. The first-order valence-electron chi connectivity index (χ1n) is 7.65. The van der Waals surface area contributed by atoms with E-state index in [0.29, 0.717) is 23.7 Å². The van der Waals surface area contributed by atoms with Gasteiger partial charge in [-0.05, 0) is 23.3 Å². The zero-order chi connectivity index (χ0) is 18.2. The molecule has 25 heavy (non-hydrogen) atoms. The van der Waals surface area contributed by atoms with E-state index in [4.69, 9.17) is 14.7 Å². The number of ether oxygens (including phenoxy) is 2. The van der Waals surface area contributed by atoms with Crippen molar-refractivity contribution in [2.75, 3.05) is 13.7 Å². The summed E-state index contributed by atoms with van der Waals surface area (Å²) in [4.78, 5) is 11.4. The van der Waals surface area contributed by atoms with Gasteiger partial charge in [0.25, 0.3) is 0 Å². The van der Waals surface area contributed by atoms with Crippen LogP contribution >= 0.6 is 11.8 Å². The Morgan fingerprint density at radius 1 is 1.24 bits per heavy atom. The van der Waals surface area contributed by atoms with Crippen molar-refractivity contribution in [2.45, 2.75) is 18.8 Å². The van der Waals surface area contributed by atoms with E-state index in [1.54, 1.807) is 18.2 Å². The molecule has 0 spiro atoms. The summed E-state index contributed by atoms with van der Waals surface area (Å²) in [7, 11) is 1.52. The van der Waals surface area contributed by atoms with Crippen molar-refractivity contribution < 1.29 is 19.5 Å². The molecule has 2 rings (SSSR count). The maximum absolute atomic E-state index is 11.4. The van der Waals surface area contributed by atoms with Crippen LogP contribution in [0.5, 0.6) is 11.5 Å². The molecule has 0 saturated heterocycles. The molecule has 0 aliphatic carbocycles. The molecule has 1 atom stereocenters. The third kappa shape index (κ3) is 6.06. The largest absolute Gasteiger partial charge is 0.762 e. The Morgan fingerprint density at radius 3 is 2.56 bits per heavy atom. The van der Waals surface area contributed by atoms with E-state index in [9.17, 15) is 10.0 Å². The van der Waals surface area contributed by atoms with Gasteiger partial charge in [0, 0.05) is 13.5 Å². The summed E-state index contributed by atoms with van der Waals surface area (Å²) in [5.74, 6) is 1.06. The zero-order valence-corrected chi connectivity index (χ0v) is 14.9. The highest BCUT2D eigenvalue weighted by Crippen LogP contribution is 2.36. The molecule has 134 valence electrons. The molecule has 0 fully saturated rings. The normalized spacial score (nSPS) is 12.0. The Bertz CT molecular complexity index is 693. The van der Waals surface area contributed by atoms with Gasteiger partial charge in [-0.25, -0.2) is 0 Å². The molecule has 0 aromatic heterocycles. The minimum atomic E-state index is -0.503. The van der Waals surface area contributed by atoms with Gasteiger partial charge in [-0.3, -0.25) is 10.0 Å². The number of thioether (sulfide) groups is 1. The summed E-state index contributed by atoms with van der Waals surface area (Å²) >= 11 is 0.979. The molecule has 1 N–H and O–H groups in total. The number of carbonyl (C=O) groups is 1. The first-order valence-corrected chi connectivity index (χ1v) is 8.53. The van der Waals surface area contributed by atoms with Gasteiger partial charge in [0.15, 0.2) is 16.6 Å². The zero-order valence-electron chi connectivity index (χ0n) is 14.0. The number of benzene rings is 2. The number of rotatable bonds is 8. The number of methoxy groups -OCH3 is 1. The molecule has 0 bridgehead atoms. The van der Waals surface area contributed by atoms with Crippen molar-refractivity contribution >= 4 is 16.9 Å². The fourth-order valence-corrected chi connectivity index (χ4v) is 3.18. The lowest BCUT2D eigenvalue weighted by Gasteiger charge is -2.25. The van der Waals surface area contributed by atoms with E-state index < -0.39 is 5.25 Å². The fraction of sp³-hybridized carbons (Fsp3) is 0.278. The Hall–Kier alpha value is -2.06. The molecular weight excluding hydrogens is 342 g/mol. The lowest BCUT2D eigenvalue weighted by atomic mass is 10.1. The highest BCUT2D eigenvalue weighted by Gasteiger charge is 2.18. The quantitative estimate of drug-likeness (QED) is 0.716. The summed E-state index contributed by atoms with van der Waals surface area (Å²) in [6, 6.07) is 14.9. The van der Waals surface area contributed by atoms with Crippen LogP contribution in [0, 0.1) is 5.21 Å². The molecule has 2 aromatic rings. The van der Waals surface area contributed by atoms with Gasteiger partial charge in [0.05, 0.1) is 12.4 Å². The van der Waals surface area contributed by atoms with Crippen LogP contribution in [0.3, 0.4) is 0 Å². The minimum Gasteiger partial charge on any atom is -0.762 e. The Kier molecular flexibility index (Phi) is 7.27.